The molecule has 0 fully saturated rings. The van der Waals surface area contributed by atoms with Gasteiger partial charge in [-0.25, -0.2) is 0 Å². The van der Waals surface area contributed by atoms with Gasteiger partial charge in [-0.1, -0.05) is 47.7 Å². The fourth-order valence-electron chi connectivity index (χ4n) is 1.72. The molecule has 1 aromatic heterocycles. The van der Waals surface area contributed by atoms with Crippen molar-refractivity contribution in [1.82, 2.24) is 15.4 Å². The van der Waals surface area contributed by atoms with E-state index in [1.807, 2.05) is 30.3 Å². The minimum absolute atomic E-state index is 0.920. The van der Waals surface area contributed by atoms with Crippen LogP contribution in [0.3, 0.4) is 0 Å². The van der Waals surface area contributed by atoms with Gasteiger partial charge in [-0.3, -0.25) is 5.10 Å². The molecule has 0 amide bonds. The van der Waals surface area contributed by atoms with Crippen molar-refractivity contribution in [2.24, 2.45) is 0 Å². The summed E-state index contributed by atoms with van der Waals surface area (Å²) in [7, 11) is 0. The van der Waals surface area contributed by atoms with Gasteiger partial charge in [0, 0.05) is 5.56 Å². The van der Waals surface area contributed by atoms with Gasteiger partial charge < -0.3 is 0 Å². The van der Waals surface area contributed by atoms with Crippen LogP contribution in [0.5, 0.6) is 0 Å². The topological polar surface area (TPSA) is 41.6 Å². The van der Waals surface area contributed by atoms with Crippen molar-refractivity contribution in [3.05, 3.63) is 48.5 Å². The quantitative estimate of drug-likeness (QED) is 0.648. The average Bonchev–Trinajstić information content (AvgIpc) is 2.78. The normalized spacial score (nSPS) is 10.7. The molecule has 0 radical (unpaired) electrons. The molecule has 0 aliphatic carbocycles. The highest BCUT2D eigenvalue weighted by atomic mass is 15.3. The van der Waals surface area contributed by atoms with E-state index in [2.05, 4.69) is 33.6 Å². The number of nitrogens with zero attached hydrogens (tertiary/aromatic N) is 2. The Hall–Kier alpha value is -2.16. The Kier molecular flexibility index (Phi) is 1.75. The lowest BCUT2D eigenvalue weighted by atomic mass is 10.0. The lowest BCUT2D eigenvalue weighted by Crippen LogP contribution is -1.79. The van der Waals surface area contributed by atoms with Gasteiger partial charge in [-0.2, -0.15) is 0 Å². The van der Waals surface area contributed by atoms with Crippen LogP contribution in [0.15, 0.2) is 48.5 Å². The first-order valence-corrected chi connectivity index (χ1v) is 4.80. The first kappa shape index (κ1) is 8.17. The third-order valence-electron chi connectivity index (χ3n) is 2.44. The van der Waals surface area contributed by atoms with Crippen molar-refractivity contribution in [2.75, 3.05) is 0 Å². The maximum Gasteiger partial charge on any atom is 0.120 e. The van der Waals surface area contributed by atoms with Crippen LogP contribution in [0.1, 0.15) is 0 Å². The molecule has 3 nitrogen and oxygen atoms in total. The molecule has 1 heterocycles. The molecule has 1 N–H and O–H groups in total. The van der Waals surface area contributed by atoms with Crippen molar-refractivity contribution in [3.63, 3.8) is 0 Å². The van der Waals surface area contributed by atoms with Crippen LogP contribution in [0.25, 0.3) is 22.2 Å². The van der Waals surface area contributed by atoms with Gasteiger partial charge in [-0.05, 0) is 11.6 Å². The zero-order valence-corrected chi connectivity index (χ0v) is 8.01. The average molecular weight is 195 g/mol. The third-order valence-corrected chi connectivity index (χ3v) is 2.44. The van der Waals surface area contributed by atoms with E-state index in [1.165, 1.54) is 0 Å². The van der Waals surface area contributed by atoms with Crippen molar-refractivity contribution >= 4 is 11.0 Å². The van der Waals surface area contributed by atoms with E-state index in [1.54, 1.807) is 0 Å². The summed E-state index contributed by atoms with van der Waals surface area (Å²) in [6.45, 7) is 0. The molecule has 0 aliphatic heterocycles. The molecule has 0 saturated heterocycles. The fraction of sp³-hybridized carbons (Fsp3) is 0. The summed E-state index contributed by atoms with van der Waals surface area (Å²) >= 11 is 0. The van der Waals surface area contributed by atoms with Gasteiger partial charge in [0.25, 0.3) is 0 Å². The number of hydrogen-bond acceptors (Lipinski definition) is 2. The summed E-state index contributed by atoms with van der Waals surface area (Å²) < 4.78 is 0. The number of benzene rings is 2. The predicted molar refractivity (Wildman–Crippen MR) is 59.3 cm³/mol. The number of rotatable bonds is 1. The molecule has 0 aliphatic rings. The standard InChI is InChI=1S/C12H9N3/c1-2-5-9(6-3-1)10-7-4-8-11-12(10)14-15-13-11/h1-8H,(H,13,14,15). The minimum Gasteiger partial charge on any atom is -0.258 e. The second-order valence-corrected chi connectivity index (χ2v) is 3.38. The summed E-state index contributed by atoms with van der Waals surface area (Å²) in [6, 6.07) is 16.2. The Balaban J connectivity index is 2.31. The summed E-state index contributed by atoms with van der Waals surface area (Å²) in [6.07, 6.45) is 0. The smallest absolute Gasteiger partial charge is 0.120 e. The zero-order valence-electron chi connectivity index (χ0n) is 8.01. The van der Waals surface area contributed by atoms with E-state index in [4.69, 9.17) is 0 Å². The van der Waals surface area contributed by atoms with E-state index in [0.717, 1.165) is 22.2 Å². The predicted octanol–water partition coefficient (Wildman–Crippen LogP) is 2.62. The Morgan fingerprint density at radius 1 is 0.867 bits per heavy atom. The maximum absolute atomic E-state index is 4.09. The number of aromatic nitrogens is 3. The number of fused-ring (bicyclic) bond motifs is 1. The summed E-state index contributed by atoms with van der Waals surface area (Å²) in [5, 5.41) is 10.8. The lowest BCUT2D eigenvalue weighted by molar-refractivity contribution is 0.959. The van der Waals surface area contributed by atoms with Crippen molar-refractivity contribution in [1.29, 1.82) is 0 Å². The van der Waals surface area contributed by atoms with Crippen LogP contribution in [0.4, 0.5) is 0 Å². The molecular weight excluding hydrogens is 186 g/mol. The molecule has 3 aromatic rings. The highest BCUT2D eigenvalue weighted by Crippen LogP contribution is 2.25. The SMILES string of the molecule is c1ccc(-c2cccc3[nH]nnc23)cc1. The summed E-state index contributed by atoms with van der Waals surface area (Å²) in [5.74, 6) is 0. The third kappa shape index (κ3) is 1.29. The molecule has 3 heteroatoms. The highest BCUT2D eigenvalue weighted by Gasteiger charge is 2.05. The van der Waals surface area contributed by atoms with Gasteiger partial charge >= 0.3 is 0 Å². The molecular formula is C12H9N3. The monoisotopic (exact) mass is 195 g/mol. The Morgan fingerprint density at radius 2 is 1.73 bits per heavy atom. The van der Waals surface area contributed by atoms with Crippen molar-refractivity contribution in [2.45, 2.75) is 0 Å². The molecule has 0 unspecified atom stereocenters. The van der Waals surface area contributed by atoms with E-state index in [-0.39, 0.29) is 0 Å². The van der Waals surface area contributed by atoms with Crippen LogP contribution in [-0.2, 0) is 0 Å². The zero-order chi connectivity index (χ0) is 10.1. The maximum atomic E-state index is 4.09. The molecule has 15 heavy (non-hydrogen) atoms. The van der Waals surface area contributed by atoms with Crippen LogP contribution >= 0.6 is 0 Å². The van der Waals surface area contributed by atoms with Gasteiger partial charge in [0.1, 0.15) is 5.52 Å². The lowest BCUT2D eigenvalue weighted by Gasteiger charge is -2.00. The molecule has 3 rings (SSSR count). The largest absolute Gasteiger partial charge is 0.258 e. The van der Waals surface area contributed by atoms with Gasteiger partial charge in [0.2, 0.25) is 0 Å². The molecule has 2 aromatic carbocycles. The van der Waals surface area contributed by atoms with Gasteiger partial charge in [0.05, 0.1) is 5.52 Å². The van der Waals surface area contributed by atoms with Crippen LogP contribution in [0.2, 0.25) is 0 Å². The second kappa shape index (κ2) is 3.20. The molecule has 0 atom stereocenters. The van der Waals surface area contributed by atoms with Crippen LogP contribution < -0.4 is 0 Å². The van der Waals surface area contributed by atoms with E-state index < -0.39 is 0 Å². The van der Waals surface area contributed by atoms with Crippen LogP contribution in [-0.4, -0.2) is 15.4 Å². The Labute approximate surface area is 86.8 Å². The van der Waals surface area contributed by atoms with E-state index >= 15 is 0 Å². The van der Waals surface area contributed by atoms with E-state index in [0.29, 0.717) is 0 Å². The second-order valence-electron chi connectivity index (χ2n) is 3.38. The first-order chi connectivity index (χ1) is 7.45. The van der Waals surface area contributed by atoms with Gasteiger partial charge in [0.15, 0.2) is 0 Å². The van der Waals surface area contributed by atoms with Crippen LogP contribution in [0, 0.1) is 0 Å². The first-order valence-electron chi connectivity index (χ1n) is 4.80. The van der Waals surface area contributed by atoms with Crippen molar-refractivity contribution < 1.29 is 0 Å². The molecule has 0 bridgehead atoms. The summed E-state index contributed by atoms with van der Waals surface area (Å²) in [5.41, 5.74) is 4.17. The number of H-pyrrole nitrogens is 1. The highest BCUT2D eigenvalue weighted by molar-refractivity contribution is 5.90. The Morgan fingerprint density at radius 3 is 2.60 bits per heavy atom. The number of aromatic amines is 1. The Bertz CT molecular complexity index is 584. The number of hydrogen-bond donors (Lipinski definition) is 1. The van der Waals surface area contributed by atoms with E-state index in [9.17, 15) is 0 Å². The minimum atomic E-state index is 0.920. The van der Waals surface area contributed by atoms with Crippen molar-refractivity contribution in [3.8, 4) is 11.1 Å². The molecule has 72 valence electrons. The fourth-order valence-corrected chi connectivity index (χ4v) is 1.72. The summed E-state index contributed by atoms with van der Waals surface area (Å²) in [4.78, 5) is 0. The number of nitrogens with one attached hydrogen (secondary N) is 1. The van der Waals surface area contributed by atoms with Gasteiger partial charge in [-0.15, -0.1) is 5.10 Å². The molecule has 0 saturated carbocycles. The molecule has 0 spiro atoms.